The van der Waals surface area contributed by atoms with Gasteiger partial charge in [-0.25, -0.2) is 9.97 Å². The van der Waals surface area contributed by atoms with Gasteiger partial charge in [0.1, 0.15) is 5.03 Å². The summed E-state index contributed by atoms with van der Waals surface area (Å²) in [5.41, 5.74) is 1.54. The normalized spacial score (nSPS) is 10.8. The van der Waals surface area contributed by atoms with Crippen molar-refractivity contribution in [3.8, 4) is 11.6 Å². The minimum atomic E-state index is -0.469. The Morgan fingerprint density at radius 2 is 1.97 bits per heavy atom. The quantitative estimate of drug-likeness (QED) is 0.206. The van der Waals surface area contributed by atoms with Gasteiger partial charge >= 0.3 is 0 Å². The van der Waals surface area contributed by atoms with Crippen LogP contribution in [0.1, 0.15) is 5.56 Å². The van der Waals surface area contributed by atoms with Crippen LogP contribution in [0.15, 0.2) is 70.3 Å². The topological polar surface area (TPSA) is 111 Å². The molecule has 8 nitrogen and oxygen atoms in total. The average molecular weight is 420 g/mol. The summed E-state index contributed by atoms with van der Waals surface area (Å²) in [5.74, 6) is 0.780. The Labute approximate surface area is 175 Å². The number of furan rings is 1. The third-order valence-electron chi connectivity index (χ3n) is 4.43. The van der Waals surface area contributed by atoms with Crippen molar-refractivity contribution >= 4 is 39.9 Å². The van der Waals surface area contributed by atoms with Crippen molar-refractivity contribution in [1.29, 1.82) is 0 Å². The number of para-hydroxylation sites is 1. The Morgan fingerprint density at radius 3 is 2.73 bits per heavy atom. The number of nitrogens with zero attached hydrogens (tertiary/aromatic N) is 3. The van der Waals surface area contributed by atoms with Gasteiger partial charge in [0, 0.05) is 11.5 Å². The van der Waals surface area contributed by atoms with Gasteiger partial charge in [-0.15, -0.1) is 0 Å². The number of anilines is 1. The summed E-state index contributed by atoms with van der Waals surface area (Å²) >= 11 is 1.27. The number of nitro benzene ring substituents is 1. The maximum Gasteiger partial charge on any atom is 0.274 e. The number of thioether (sulfide) groups is 1. The predicted octanol–water partition coefficient (Wildman–Crippen LogP) is 4.84. The molecule has 1 amide bonds. The lowest BCUT2D eigenvalue weighted by Crippen LogP contribution is -2.15. The molecule has 0 aliphatic rings. The molecule has 150 valence electrons. The standard InChI is InChI=1S/C21H16N4O4S/c1-13-15(8-4-9-17(13)25(27)28)22-19(26)12-30-21-14-6-2-3-7-16(14)23-20(24-21)18-10-5-11-29-18/h2-11H,12H2,1H3,(H,22,26). The van der Waals surface area contributed by atoms with Gasteiger partial charge in [-0.1, -0.05) is 36.0 Å². The van der Waals surface area contributed by atoms with Crippen LogP contribution in [0.5, 0.6) is 0 Å². The van der Waals surface area contributed by atoms with E-state index < -0.39 is 4.92 Å². The third-order valence-corrected chi connectivity index (χ3v) is 5.42. The Hall–Kier alpha value is -3.72. The molecule has 0 aliphatic carbocycles. The van der Waals surface area contributed by atoms with Crippen LogP contribution in [0.25, 0.3) is 22.5 Å². The Bertz CT molecular complexity index is 1240. The Balaban J connectivity index is 1.56. The van der Waals surface area contributed by atoms with Crippen molar-refractivity contribution in [2.75, 3.05) is 11.1 Å². The van der Waals surface area contributed by atoms with Crippen molar-refractivity contribution in [3.05, 3.63) is 76.5 Å². The second kappa shape index (κ2) is 8.34. The highest BCUT2D eigenvalue weighted by Gasteiger charge is 2.16. The van der Waals surface area contributed by atoms with Crippen LogP contribution in [-0.2, 0) is 4.79 Å². The molecule has 0 aliphatic heterocycles. The zero-order chi connectivity index (χ0) is 21.1. The van der Waals surface area contributed by atoms with Crippen LogP contribution in [0.2, 0.25) is 0 Å². The van der Waals surface area contributed by atoms with Crippen LogP contribution in [0.3, 0.4) is 0 Å². The van der Waals surface area contributed by atoms with Gasteiger partial charge in [-0.3, -0.25) is 14.9 Å². The number of carbonyl (C=O) groups is 1. The highest BCUT2D eigenvalue weighted by Crippen LogP contribution is 2.29. The van der Waals surface area contributed by atoms with Crippen molar-refractivity contribution < 1.29 is 14.1 Å². The van der Waals surface area contributed by atoms with E-state index in [2.05, 4.69) is 15.3 Å². The summed E-state index contributed by atoms with van der Waals surface area (Å²) in [6.45, 7) is 1.61. The van der Waals surface area contributed by atoms with Crippen molar-refractivity contribution in [3.63, 3.8) is 0 Å². The van der Waals surface area contributed by atoms with E-state index in [4.69, 9.17) is 4.42 Å². The zero-order valence-electron chi connectivity index (χ0n) is 15.9. The van der Waals surface area contributed by atoms with E-state index in [1.54, 1.807) is 37.5 Å². The number of aromatic nitrogens is 2. The molecular formula is C21H16N4O4S. The number of nitrogens with one attached hydrogen (secondary N) is 1. The first-order valence-electron chi connectivity index (χ1n) is 9.00. The first-order valence-corrected chi connectivity index (χ1v) is 9.99. The van der Waals surface area contributed by atoms with Crippen LogP contribution in [0, 0.1) is 17.0 Å². The zero-order valence-corrected chi connectivity index (χ0v) is 16.7. The van der Waals surface area contributed by atoms with Gasteiger partial charge in [0.05, 0.1) is 33.7 Å². The summed E-state index contributed by atoms with van der Waals surface area (Å²) in [4.78, 5) is 32.2. The molecule has 1 N–H and O–H groups in total. The molecule has 0 fully saturated rings. The summed E-state index contributed by atoms with van der Waals surface area (Å²) in [7, 11) is 0. The van der Waals surface area contributed by atoms with Gasteiger partial charge in [0.15, 0.2) is 11.6 Å². The fraction of sp³-hybridized carbons (Fsp3) is 0.0952. The summed E-state index contributed by atoms with van der Waals surface area (Å²) in [6.07, 6.45) is 1.55. The van der Waals surface area contributed by atoms with E-state index in [9.17, 15) is 14.9 Å². The molecule has 4 aromatic rings. The molecule has 30 heavy (non-hydrogen) atoms. The SMILES string of the molecule is Cc1c(NC(=O)CSc2nc(-c3ccco3)nc3ccccc23)cccc1[N+](=O)[O-]. The molecule has 0 unspecified atom stereocenters. The van der Waals surface area contributed by atoms with Gasteiger partial charge in [0.25, 0.3) is 5.69 Å². The van der Waals surface area contributed by atoms with Gasteiger partial charge in [-0.2, -0.15) is 0 Å². The van der Waals surface area contributed by atoms with Crippen LogP contribution >= 0.6 is 11.8 Å². The lowest BCUT2D eigenvalue weighted by molar-refractivity contribution is -0.385. The van der Waals surface area contributed by atoms with E-state index in [-0.39, 0.29) is 17.3 Å². The molecule has 0 radical (unpaired) electrons. The lowest BCUT2D eigenvalue weighted by atomic mass is 10.1. The number of amides is 1. The van der Waals surface area contributed by atoms with Gasteiger partial charge in [0.2, 0.25) is 5.91 Å². The molecule has 9 heteroatoms. The Kier molecular flexibility index (Phi) is 5.44. The van der Waals surface area contributed by atoms with E-state index in [1.165, 1.54) is 17.8 Å². The number of hydrogen-bond donors (Lipinski definition) is 1. The largest absolute Gasteiger partial charge is 0.461 e. The molecule has 0 saturated carbocycles. The summed E-state index contributed by atoms with van der Waals surface area (Å²) in [5, 5.41) is 15.3. The molecule has 0 saturated heterocycles. The van der Waals surface area contributed by atoms with E-state index in [1.807, 2.05) is 24.3 Å². The second-order valence-electron chi connectivity index (χ2n) is 6.39. The van der Waals surface area contributed by atoms with E-state index in [0.717, 1.165) is 10.9 Å². The molecule has 2 aromatic heterocycles. The molecule has 2 aromatic carbocycles. The maximum atomic E-state index is 12.5. The second-order valence-corrected chi connectivity index (χ2v) is 7.35. The van der Waals surface area contributed by atoms with Crippen molar-refractivity contribution in [2.24, 2.45) is 0 Å². The fourth-order valence-electron chi connectivity index (χ4n) is 2.95. The van der Waals surface area contributed by atoms with E-state index >= 15 is 0 Å². The monoisotopic (exact) mass is 420 g/mol. The van der Waals surface area contributed by atoms with Crippen LogP contribution < -0.4 is 5.32 Å². The maximum absolute atomic E-state index is 12.5. The number of benzene rings is 2. The average Bonchev–Trinajstić information content (AvgIpc) is 3.28. The summed E-state index contributed by atoms with van der Waals surface area (Å²) in [6, 6.07) is 15.7. The highest BCUT2D eigenvalue weighted by molar-refractivity contribution is 8.00. The minimum Gasteiger partial charge on any atom is -0.461 e. The highest BCUT2D eigenvalue weighted by atomic mass is 32.2. The van der Waals surface area contributed by atoms with E-state index in [0.29, 0.717) is 27.9 Å². The molecule has 2 heterocycles. The Morgan fingerprint density at radius 1 is 1.13 bits per heavy atom. The minimum absolute atomic E-state index is 0.0367. The number of hydrogen-bond acceptors (Lipinski definition) is 7. The van der Waals surface area contributed by atoms with Crippen molar-refractivity contribution in [2.45, 2.75) is 11.9 Å². The lowest BCUT2D eigenvalue weighted by Gasteiger charge is -2.10. The first-order chi connectivity index (χ1) is 14.5. The molecule has 0 spiro atoms. The number of nitro groups is 1. The first kappa shape index (κ1) is 19.6. The molecular weight excluding hydrogens is 404 g/mol. The third kappa shape index (κ3) is 4.01. The molecule has 0 bridgehead atoms. The van der Waals surface area contributed by atoms with Gasteiger partial charge < -0.3 is 9.73 Å². The van der Waals surface area contributed by atoms with Crippen molar-refractivity contribution in [1.82, 2.24) is 9.97 Å². The molecule has 0 atom stereocenters. The number of fused-ring (bicyclic) bond motifs is 1. The van der Waals surface area contributed by atoms with Crippen LogP contribution in [0.4, 0.5) is 11.4 Å². The fourth-order valence-corrected chi connectivity index (χ4v) is 3.77. The number of rotatable bonds is 6. The smallest absolute Gasteiger partial charge is 0.274 e. The predicted molar refractivity (Wildman–Crippen MR) is 114 cm³/mol. The van der Waals surface area contributed by atoms with Gasteiger partial charge in [-0.05, 0) is 31.2 Å². The molecule has 4 rings (SSSR count). The summed E-state index contributed by atoms with van der Waals surface area (Å²) < 4.78 is 5.40. The number of carbonyl (C=O) groups excluding carboxylic acids is 1. The van der Waals surface area contributed by atoms with Crippen LogP contribution in [-0.4, -0.2) is 26.6 Å².